The van der Waals surface area contributed by atoms with Crippen LogP contribution in [0.4, 0.5) is 0 Å². The monoisotopic (exact) mass is 300 g/mol. The SMILES string of the molecule is C=CC(=C(C)C)c1cc(C(C)(C)C)cc(C(C)(C)C)c1.CC. The van der Waals surface area contributed by atoms with Crippen LogP contribution < -0.4 is 0 Å². The third-order valence-electron chi connectivity index (χ3n) is 3.72. The van der Waals surface area contributed by atoms with Gasteiger partial charge in [-0.05, 0) is 46.9 Å². The first kappa shape index (κ1) is 20.7. The molecule has 124 valence electrons. The number of hydrogen-bond donors (Lipinski definition) is 0. The van der Waals surface area contributed by atoms with Crippen LogP contribution in [0.3, 0.4) is 0 Å². The van der Waals surface area contributed by atoms with E-state index in [1.54, 1.807) is 0 Å². The van der Waals surface area contributed by atoms with Gasteiger partial charge in [0.2, 0.25) is 0 Å². The molecule has 0 radical (unpaired) electrons. The van der Waals surface area contributed by atoms with Crippen LogP contribution in [0.25, 0.3) is 5.57 Å². The second kappa shape index (κ2) is 7.81. The molecule has 0 aliphatic carbocycles. The topological polar surface area (TPSA) is 0 Å². The molecule has 0 nitrogen and oxygen atoms in total. The molecule has 0 aromatic heterocycles. The molecule has 1 aromatic carbocycles. The Balaban J connectivity index is 0.00000211. The summed E-state index contributed by atoms with van der Waals surface area (Å²) in [6, 6.07) is 6.99. The molecule has 0 aliphatic rings. The molecule has 0 saturated heterocycles. The molecule has 0 aliphatic heterocycles. The molecule has 0 amide bonds. The predicted molar refractivity (Wildman–Crippen MR) is 104 cm³/mol. The van der Waals surface area contributed by atoms with Crippen molar-refractivity contribution >= 4 is 5.57 Å². The van der Waals surface area contributed by atoms with Crippen LogP contribution in [-0.2, 0) is 10.8 Å². The average molecular weight is 301 g/mol. The summed E-state index contributed by atoms with van der Waals surface area (Å²) in [5.41, 5.74) is 6.94. The van der Waals surface area contributed by atoms with Gasteiger partial charge in [0, 0.05) is 0 Å². The molecule has 0 bridgehead atoms. The highest BCUT2D eigenvalue weighted by Gasteiger charge is 2.21. The third kappa shape index (κ3) is 5.48. The van der Waals surface area contributed by atoms with E-state index in [9.17, 15) is 0 Å². The van der Waals surface area contributed by atoms with Crippen molar-refractivity contribution in [1.82, 2.24) is 0 Å². The number of hydrogen-bond acceptors (Lipinski definition) is 0. The first-order valence-electron chi connectivity index (χ1n) is 8.43. The molecule has 0 heterocycles. The Morgan fingerprint density at radius 2 is 1.18 bits per heavy atom. The Morgan fingerprint density at radius 3 is 1.41 bits per heavy atom. The standard InChI is InChI=1S/C20H30.C2H6/c1-10-18(14(2)3)15-11-16(19(4,5)6)13-17(12-15)20(7,8)9;1-2/h10-13H,1H2,2-9H3;1-2H3. The van der Waals surface area contributed by atoms with Gasteiger partial charge < -0.3 is 0 Å². The Labute approximate surface area is 139 Å². The van der Waals surface area contributed by atoms with Crippen LogP contribution in [-0.4, -0.2) is 0 Å². The van der Waals surface area contributed by atoms with Crippen molar-refractivity contribution in [3.05, 3.63) is 53.1 Å². The highest BCUT2D eigenvalue weighted by molar-refractivity contribution is 5.76. The Morgan fingerprint density at radius 1 is 0.818 bits per heavy atom. The van der Waals surface area contributed by atoms with Gasteiger partial charge in [-0.3, -0.25) is 0 Å². The van der Waals surface area contributed by atoms with E-state index in [4.69, 9.17) is 0 Å². The number of rotatable bonds is 2. The molecule has 0 saturated carbocycles. The van der Waals surface area contributed by atoms with Crippen molar-refractivity contribution in [2.75, 3.05) is 0 Å². The van der Waals surface area contributed by atoms with Gasteiger partial charge in [-0.1, -0.05) is 91.8 Å². The lowest BCUT2D eigenvalue weighted by Gasteiger charge is -2.26. The fourth-order valence-electron chi connectivity index (χ4n) is 2.26. The molecule has 0 unspecified atom stereocenters. The molecule has 0 N–H and O–H groups in total. The summed E-state index contributed by atoms with van der Waals surface area (Å²) < 4.78 is 0. The van der Waals surface area contributed by atoms with E-state index >= 15 is 0 Å². The zero-order chi connectivity index (χ0) is 17.7. The normalized spacial score (nSPS) is 11.4. The molecule has 22 heavy (non-hydrogen) atoms. The van der Waals surface area contributed by atoms with Crippen molar-refractivity contribution in [2.45, 2.75) is 80.1 Å². The smallest absolute Gasteiger partial charge is 0.0132 e. The third-order valence-corrected chi connectivity index (χ3v) is 3.72. The molecular formula is C22H36. The van der Waals surface area contributed by atoms with Crippen molar-refractivity contribution in [2.24, 2.45) is 0 Å². The minimum absolute atomic E-state index is 0.157. The van der Waals surface area contributed by atoms with E-state index in [2.05, 4.69) is 80.2 Å². The maximum atomic E-state index is 3.98. The fraction of sp³-hybridized carbons (Fsp3) is 0.545. The summed E-state index contributed by atoms with van der Waals surface area (Å²) in [6.45, 7) is 25.9. The second-order valence-corrected chi connectivity index (χ2v) is 7.92. The lowest BCUT2D eigenvalue weighted by molar-refractivity contribution is 0.568. The van der Waals surface area contributed by atoms with E-state index in [0.29, 0.717) is 0 Å². The first-order chi connectivity index (χ1) is 9.96. The summed E-state index contributed by atoms with van der Waals surface area (Å²) in [5, 5.41) is 0. The fourth-order valence-corrected chi connectivity index (χ4v) is 2.26. The minimum Gasteiger partial charge on any atom is -0.0985 e. The van der Waals surface area contributed by atoms with E-state index in [1.807, 2.05) is 19.9 Å². The molecule has 0 fully saturated rings. The zero-order valence-electron chi connectivity index (χ0n) is 16.5. The van der Waals surface area contributed by atoms with Crippen LogP contribution in [0, 0.1) is 0 Å². The van der Waals surface area contributed by atoms with Gasteiger partial charge in [0.15, 0.2) is 0 Å². The van der Waals surface area contributed by atoms with Crippen LogP contribution in [0.1, 0.15) is 85.9 Å². The van der Waals surface area contributed by atoms with Gasteiger partial charge in [-0.2, -0.15) is 0 Å². The molecule has 0 atom stereocenters. The first-order valence-corrected chi connectivity index (χ1v) is 8.43. The van der Waals surface area contributed by atoms with E-state index in [0.717, 1.165) is 0 Å². The summed E-state index contributed by atoms with van der Waals surface area (Å²) in [6.07, 6.45) is 1.98. The van der Waals surface area contributed by atoms with Crippen LogP contribution >= 0.6 is 0 Å². The quantitative estimate of drug-likeness (QED) is 0.503. The van der Waals surface area contributed by atoms with Crippen molar-refractivity contribution in [3.63, 3.8) is 0 Å². The van der Waals surface area contributed by atoms with Gasteiger partial charge in [0.05, 0.1) is 0 Å². The van der Waals surface area contributed by atoms with Crippen molar-refractivity contribution in [3.8, 4) is 0 Å². The van der Waals surface area contributed by atoms with Crippen molar-refractivity contribution < 1.29 is 0 Å². The summed E-state index contributed by atoms with van der Waals surface area (Å²) in [5.74, 6) is 0. The van der Waals surface area contributed by atoms with Gasteiger partial charge in [0.25, 0.3) is 0 Å². The lowest BCUT2D eigenvalue weighted by Crippen LogP contribution is -2.17. The highest BCUT2D eigenvalue weighted by Crippen LogP contribution is 2.33. The van der Waals surface area contributed by atoms with Gasteiger partial charge >= 0.3 is 0 Å². The largest absolute Gasteiger partial charge is 0.0985 e. The Kier molecular flexibility index (Phi) is 7.35. The van der Waals surface area contributed by atoms with Crippen LogP contribution in [0.5, 0.6) is 0 Å². The zero-order valence-corrected chi connectivity index (χ0v) is 16.5. The molecule has 1 rings (SSSR count). The molecule has 0 heteroatoms. The molecule has 0 spiro atoms. The van der Waals surface area contributed by atoms with E-state index < -0.39 is 0 Å². The number of benzene rings is 1. The summed E-state index contributed by atoms with van der Waals surface area (Å²) >= 11 is 0. The predicted octanol–water partition coefficient (Wildman–Crippen LogP) is 7.29. The molecule has 1 aromatic rings. The second-order valence-electron chi connectivity index (χ2n) is 7.92. The van der Waals surface area contributed by atoms with E-state index in [-0.39, 0.29) is 10.8 Å². The lowest BCUT2D eigenvalue weighted by atomic mass is 9.78. The maximum absolute atomic E-state index is 3.98. The summed E-state index contributed by atoms with van der Waals surface area (Å²) in [4.78, 5) is 0. The van der Waals surface area contributed by atoms with Gasteiger partial charge in [0.1, 0.15) is 0 Å². The van der Waals surface area contributed by atoms with E-state index in [1.165, 1.54) is 27.8 Å². The average Bonchev–Trinajstić information content (AvgIpc) is 2.39. The molecular weight excluding hydrogens is 264 g/mol. The number of allylic oxidation sites excluding steroid dienone is 3. The summed E-state index contributed by atoms with van der Waals surface area (Å²) in [7, 11) is 0. The van der Waals surface area contributed by atoms with Crippen LogP contribution in [0.2, 0.25) is 0 Å². The van der Waals surface area contributed by atoms with Crippen LogP contribution in [0.15, 0.2) is 36.4 Å². The highest BCUT2D eigenvalue weighted by atomic mass is 14.3. The van der Waals surface area contributed by atoms with Gasteiger partial charge in [-0.15, -0.1) is 0 Å². The maximum Gasteiger partial charge on any atom is -0.0132 e. The van der Waals surface area contributed by atoms with Gasteiger partial charge in [-0.25, -0.2) is 0 Å². The minimum atomic E-state index is 0.157. The Bertz CT molecular complexity index is 492. The Hall–Kier alpha value is -1.30. The van der Waals surface area contributed by atoms with Crippen molar-refractivity contribution in [1.29, 1.82) is 0 Å².